The molecule has 0 spiro atoms. The summed E-state index contributed by atoms with van der Waals surface area (Å²) in [4.78, 5) is 16.4. The molecule has 26 heavy (non-hydrogen) atoms. The molecule has 0 radical (unpaired) electrons. The molecule has 2 aromatic rings. The quantitative estimate of drug-likeness (QED) is 0.851. The lowest BCUT2D eigenvalue weighted by atomic mass is 9.65. The molecule has 1 saturated heterocycles. The smallest absolute Gasteiger partial charge is 0.246 e. The number of likely N-dealkylation sites (tertiary alicyclic amines) is 1. The van der Waals surface area contributed by atoms with Crippen LogP contribution in [0.2, 0.25) is 0 Å². The van der Waals surface area contributed by atoms with E-state index in [0.717, 1.165) is 30.5 Å². The molecule has 2 aliphatic rings. The van der Waals surface area contributed by atoms with Gasteiger partial charge in [0.15, 0.2) is 0 Å². The van der Waals surface area contributed by atoms with Crippen LogP contribution in [0, 0.1) is 17.8 Å². The van der Waals surface area contributed by atoms with Crippen molar-refractivity contribution in [1.82, 2.24) is 25.1 Å². The predicted molar refractivity (Wildman–Crippen MR) is 99.2 cm³/mol. The van der Waals surface area contributed by atoms with E-state index < -0.39 is 0 Å². The van der Waals surface area contributed by atoms with Crippen molar-refractivity contribution < 1.29 is 4.79 Å². The van der Waals surface area contributed by atoms with Crippen LogP contribution in [0.25, 0.3) is 11.4 Å². The highest BCUT2D eigenvalue weighted by atomic mass is 16.2. The second-order valence-electron chi connectivity index (χ2n) is 9.19. The molecule has 1 amide bonds. The lowest BCUT2D eigenvalue weighted by molar-refractivity contribution is -0.133. The Morgan fingerprint density at radius 3 is 2.77 bits per heavy atom. The van der Waals surface area contributed by atoms with Crippen molar-refractivity contribution in [2.24, 2.45) is 10.8 Å². The highest BCUT2D eigenvalue weighted by Gasteiger charge is 2.50. The van der Waals surface area contributed by atoms with Crippen LogP contribution in [0.4, 0.5) is 0 Å². The fraction of sp³-hybridized carbons (Fsp3) is 0.600. The minimum atomic E-state index is 0.102. The van der Waals surface area contributed by atoms with Gasteiger partial charge in [0.25, 0.3) is 0 Å². The molecule has 6 nitrogen and oxygen atoms in total. The molecule has 2 heterocycles. The number of nitrogens with zero attached hydrogens (tertiary/aromatic N) is 5. The molecule has 0 N–H and O–H groups in total. The number of hydrogen-bond donors (Lipinski definition) is 0. The Morgan fingerprint density at radius 1 is 1.23 bits per heavy atom. The van der Waals surface area contributed by atoms with Gasteiger partial charge in [0.2, 0.25) is 11.7 Å². The van der Waals surface area contributed by atoms with Gasteiger partial charge in [0.05, 0.1) is 0 Å². The summed E-state index contributed by atoms with van der Waals surface area (Å²) >= 11 is 0. The number of carbonyl (C=O) groups excluding carboxylic acids is 1. The number of fused-ring (bicyclic) bond motifs is 2. The van der Waals surface area contributed by atoms with Gasteiger partial charge < -0.3 is 4.90 Å². The Bertz CT molecular complexity index is 842. The lowest BCUT2D eigenvalue weighted by Crippen LogP contribution is -2.39. The van der Waals surface area contributed by atoms with Gasteiger partial charge in [0.1, 0.15) is 6.54 Å². The number of benzene rings is 1. The van der Waals surface area contributed by atoms with Gasteiger partial charge in [-0.3, -0.25) is 4.79 Å². The topological polar surface area (TPSA) is 63.9 Å². The molecule has 2 bridgehead atoms. The monoisotopic (exact) mass is 353 g/mol. The van der Waals surface area contributed by atoms with Crippen LogP contribution < -0.4 is 0 Å². The molecule has 1 aromatic heterocycles. The summed E-state index contributed by atoms with van der Waals surface area (Å²) in [5.74, 6) is 0.675. The molecule has 1 aliphatic heterocycles. The summed E-state index contributed by atoms with van der Waals surface area (Å²) < 4.78 is 0. The zero-order valence-electron chi connectivity index (χ0n) is 16.1. The summed E-state index contributed by atoms with van der Waals surface area (Å²) in [6.45, 7) is 9.98. The van der Waals surface area contributed by atoms with Gasteiger partial charge in [0, 0.05) is 18.2 Å². The number of carbonyl (C=O) groups is 1. The Morgan fingerprint density at radius 2 is 2.00 bits per heavy atom. The van der Waals surface area contributed by atoms with E-state index in [4.69, 9.17) is 0 Å². The van der Waals surface area contributed by atoms with E-state index in [-0.39, 0.29) is 17.9 Å². The van der Waals surface area contributed by atoms with Crippen LogP contribution in [0.3, 0.4) is 0 Å². The van der Waals surface area contributed by atoms with Crippen LogP contribution in [0.15, 0.2) is 24.3 Å². The number of aromatic nitrogens is 4. The standard InChI is InChI=1S/C20H27N5O/c1-14-7-5-6-8-16(14)18-21-23-25(22-18)11-17(26)24-13-20(4)10-15(24)9-19(2,3)12-20/h5-8,15H,9-13H2,1-4H3/t15-,20-/m1/s1. The van der Waals surface area contributed by atoms with Gasteiger partial charge in [-0.05, 0) is 47.8 Å². The molecule has 2 atom stereocenters. The van der Waals surface area contributed by atoms with Crippen molar-refractivity contribution in [3.05, 3.63) is 29.8 Å². The first-order valence-corrected chi connectivity index (χ1v) is 9.38. The zero-order valence-corrected chi connectivity index (χ0v) is 16.1. The fourth-order valence-corrected chi connectivity index (χ4v) is 5.21. The first kappa shape index (κ1) is 17.2. The van der Waals surface area contributed by atoms with Gasteiger partial charge in [-0.1, -0.05) is 45.0 Å². The van der Waals surface area contributed by atoms with E-state index in [1.165, 1.54) is 11.2 Å². The average Bonchev–Trinajstić information content (AvgIpc) is 3.08. The van der Waals surface area contributed by atoms with Crippen LogP contribution in [0.5, 0.6) is 0 Å². The van der Waals surface area contributed by atoms with Crippen LogP contribution in [-0.2, 0) is 11.3 Å². The summed E-state index contributed by atoms with van der Waals surface area (Å²) in [5.41, 5.74) is 2.60. The zero-order chi connectivity index (χ0) is 18.5. The SMILES string of the molecule is Cc1ccccc1-c1nnn(CC(=O)N2C[C@]3(C)C[C@H]2CC(C)(C)C3)n1. The van der Waals surface area contributed by atoms with E-state index >= 15 is 0 Å². The molecule has 1 aliphatic carbocycles. The number of aryl methyl sites for hydroxylation is 1. The van der Waals surface area contributed by atoms with Gasteiger partial charge in [-0.15, -0.1) is 10.2 Å². The molecule has 1 saturated carbocycles. The largest absolute Gasteiger partial charge is 0.337 e. The second-order valence-corrected chi connectivity index (χ2v) is 9.19. The van der Waals surface area contributed by atoms with E-state index in [9.17, 15) is 4.79 Å². The third-order valence-electron chi connectivity index (χ3n) is 5.85. The minimum absolute atomic E-state index is 0.102. The Hall–Kier alpha value is -2.24. The van der Waals surface area contributed by atoms with Crippen molar-refractivity contribution in [3.63, 3.8) is 0 Å². The average molecular weight is 353 g/mol. The molecule has 4 rings (SSSR count). The van der Waals surface area contributed by atoms with Gasteiger partial charge in [-0.25, -0.2) is 0 Å². The fourth-order valence-electron chi connectivity index (χ4n) is 5.21. The molecular formula is C20H27N5O. The Labute approximate surface area is 154 Å². The normalized spacial score (nSPS) is 26.9. The van der Waals surface area contributed by atoms with Crippen LogP contribution in [-0.4, -0.2) is 43.6 Å². The van der Waals surface area contributed by atoms with Crippen LogP contribution >= 0.6 is 0 Å². The molecule has 138 valence electrons. The molecular weight excluding hydrogens is 326 g/mol. The maximum atomic E-state index is 12.9. The number of hydrogen-bond acceptors (Lipinski definition) is 4. The lowest BCUT2D eigenvalue weighted by Gasteiger charge is -2.39. The highest BCUT2D eigenvalue weighted by Crippen LogP contribution is 2.52. The first-order valence-electron chi connectivity index (χ1n) is 9.38. The highest BCUT2D eigenvalue weighted by molar-refractivity contribution is 5.76. The maximum absolute atomic E-state index is 12.9. The van der Waals surface area contributed by atoms with Crippen molar-refractivity contribution >= 4 is 5.91 Å². The maximum Gasteiger partial charge on any atom is 0.246 e. The predicted octanol–water partition coefficient (Wildman–Crippen LogP) is 3.08. The van der Waals surface area contributed by atoms with Crippen molar-refractivity contribution in [3.8, 4) is 11.4 Å². The van der Waals surface area contributed by atoms with E-state index in [1.54, 1.807) is 0 Å². The van der Waals surface area contributed by atoms with E-state index in [2.05, 4.69) is 41.1 Å². The van der Waals surface area contributed by atoms with Crippen molar-refractivity contribution in [2.45, 2.75) is 59.5 Å². The summed E-state index contributed by atoms with van der Waals surface area (Å²) in [6.07, 6.45) is 3.37. The molecule has 6 heteroatoms. The number of amides is 1. The van der Waals surface area contributed by atoms with Gasteiger partial charge in [-0.2, -0.15) is 4.80 Å². The Kier molecular flexibility index (Phi) is 3.90. The van der Waals surface area contributed by atoms with Crippen LogP contribution in [0.1, 0.15) is 45.6 Å². The molecule has 0 unspecified atom stereocenters. The summed E-state index contributed by atoms with van der Waals surface area (Å²) in [6, 6.07) is 8.29. The third-order valence-corrected chi connectivity index (χ3v) is 5.85. The van der Waals surface area contributed by atoms with Crippen molar-refractivity contribution in [2.75, 3.05) is 6.54 Å². The van der Waals surface area contributed by atoms with E-state index in [0.29, 0.717) is 17.3 Å². The third kappa shape index (κ3) is 3.13. The second kappa shape index (κ2) is 5.89. The minimum Gasteiger partial charge on any atom is -0.337 e. The van der Waals surface area contributed by atoms with Crippen molar-refractivity contribution in [1.29, 1.82) is 0 Å². The summed E-state index contributed by atoms with van der Waals surface area (Å²) in [7, 11) is 0. The molecule has 1 aromatic carbocycles. The first-order chi connectivity index (χ1) is 12.2. The summed E-state index contributed by atoms with van der Waals surface area (Å²) in [5, 5.41) is 12.7. The number of rotatable bonds is 3. The van der Waals surface area contributed by atoms with Gasteiger partial charge >= 0.3 is 0 Å². The van der Waals surface area contributed by atoms with E-state index in [1.807, 2.05) is 31.2 Å². The molecule has 2 fully saturated rings. The Balaban J connectivity index is 1.49. The number of tetrazole rings is 1.